The van der Waals surface area contributed by atoms with Crippen molar-refractivity contribution in [3.05, 3.63) is 64.5 Å². The average molecular weight is 637 g/mol. The topological polar surface area (TPSA) is 174 Å². The standard InChI is InChI=1S/C30H40BF4N5O5/c1-29(2)21-8-9-22(32)20(27(21)31(44)45-29)17-25(41)24(11-5-18-3-6-19(7-4-18)30(33,34)35)39-28(43)23(38)10-12-26(42)40(15-13-36)16-14-37/h3-4,6-9,23-24,44H,5,10-17,36-38H2,1-2H3,(H,39,43)/t23-,24+/m0/s1. The van der Waals surface area contributed by atoms with Crippen LogP contribution < -0.4 is 28.0 Å². The first-order valence-corrected chi connectivity index (χ1v) is 14.7. The van der Waals surface area contributed by atoms with E-state index in [0.717, 1.165) is 12.1 Å². The minimum absolute atomic E-state index is 0.0381. The van der Waals surface area contributed by atoms with Crippen LogP contribution in [0.25, 0.3) is 0 Å². The van der Waals surface area contributed by atoms with Crippen LogP contribution in [0, 0.1) is 5.82 Å². The molecule has 8 N–H and O–H groups in total. The van der Waals surface area contributed by atoms with Crippen LogP contribution in [-0.4, -0.2) is 72.9 Å². The number of aryl methyl sites for hydroxylation is 1. The van der Waals surface area contributed by atoms with E-state index in [2.05, 4.69) is 5.32 Å². The first kappa shape index (κ1) is 36.1. The minimum atomic E-state index is -4.52. The number of nitrogens with one attached hydrogen (secondary N) is 1. The summed E-state index contributed by atoms with van der Waals surface area (Å²) in [7, 11) is -1.47. The lowest BCUT2D eigenvalue weighted by Crippen LogP contribution is -2.49. The van der Waals surface area contributed by atoms with E-state index in [-0.39, 0.29) is 68.8 Å². The summed E-state index contributed by atoms with van der Waals surface area (Å²) in [6.07, 6.45) is -5.09. The maximum atomic E-state index is 15.1. The molecule has 246 valence electrons. The zero-order valence-corrected chi connectivity index (χ0v) is 25.3. The number of halogens is 4. The number of carbonyl (C=O) groups is 3. The lowest BCUT2D eigenvalue weighted by molar-refractivity contribution is -0.137. The number of hydrogen-bond donors (Lipinski definition) is 5. The second-order valence-electron chi connectivity index (χ2n) is 11.5. The number of rotatable bonds is 15. The first-order chi connectivity index (χ1) is 21.1. The fourth-order valence-electron chi connectivity index (χ4n) is 5.33. The number of ketones is 1. The van der Waals surface area contributed by atoms with Gasteiger partial charge >= 0.3 is 13.3 Å². The molecule has 0 radical (unpaired) electrons. The third-order valence-electron chi connectivity index (χ3n) is 7.82. The summed E-state index contributed by atoms with van der Waals surface area (Å²) in [6, 6.07) is 4.64. The van der Waals surface area contributed by atoms with Crippen molar-refractivity contribution < 1.29 is 41.6 Å². The van der Waals surface area contributed by atoms with Crippen LogP contribution >= 0.6 is 0 Å². The van der Waals surface area contributed by atoms with Crippen LogP contribution in [0.1, 0.15) is 55.4 Å². The summed E-state index contributed by atoms with van der Waals surface area (Å²) >= 11 is 0. The van der Waals surface area contributed by atoms with Crippen LogP contribution in [0.4, 0.5) is 17.6 Å². The number of amides is 2. The van der Waals surface area contributed by atoms with Crippen LogP contribution in [0.3, 0.4) is 0 Å². The van der Waals surface area contributed by atoms with E-state index in [1.165, 1.54) is 29.2 Å². The zero-order valence-electron chi connectivity index (χ0n) is 25.3. The Kier molecular flexibility index (Phi) is 12.3. The largest absolute Gasteiger partial charge is 0.492 e. The van der Waals surface area contributed by atoms with Crippen molar-refractivity contribution in [1.82, 2.24) is 10.2 Å². The molecule has 0 saturated carbocycles. The van der Waals surface area contributed by atoms with Gasteiger partial charge in [-0.25, -0.2) is 4.39 Å². The molecule has 2 amide bonds. The van der Waals surface area contributed by atoms with Gasteiger partial charge in [0.05, 0.1) is 23.2 Å². The van der Waals surface area contributed by atoms with Gasteiger partial charge in [0.2, 0.25) is 11.8 Å². The van der Waals surface area contributed by atoms with Gasteiger partial charge < -0.3 is 37.1 Å². The summed E-state index contributed by atoms with van der Waals surface area (Å²) in [5, 5.41) is 13.1. The molecular formula is C30H40BF4N5O5. The van der Waals surface area contributed by atoms with Gasteiger partial charge in [0.15, 0.2) is 5.78 Å². The van der Waals surface area contributed by atoms with Crippen molar-refractivity contribution in [2.75, 3.05) is 26.2 Å². The van der Waals surface area contributed by atoms with Gasteiger partial charge in [-0.3, -0.25) is 14.4 Å². The second kappa shape index (κ2) is 15.3. The molecule has 10 nitrogen and oxygen atoms in total. The highest BCUT2D eigenvalue weighted by Gasteiger charge is 2.43. The van der Waals surface area contributed by atoms with Crippen molar-refractivity contribution in [1.29, 1.82) is 0 Å². The van der Waals surface area contributed by atoms with Crippen molar-refractivity contribution in [3.63, 3.8) is 0 Å². The SMILES string of the molecule is CC1(C)OB(O)c2c1ccc(F)c2CC(=O)[C@@H](CCc1ccc(C(F)(F)F)cc1)NC(=O)[C@@H](N)CCC(=O)N(CCN)CCN. The fraction of sp³-hybridized carbons (Fsp3) is 0.500. The monoisotopic (exact) mass is 637 g/mol. The highest BCUT2D eigenvalue weighted by atomic mass is 19.4. The van der Waals surface area contributed by atoms with E-state index in [4.69, 9.17) is 21.9 Å². The molecule has 0 unspecified atom stereocenters. The lowest BCUT2D eigenvalue weighted by Gasteiger charge is -2.23. The van der Waals surface area contributed by atoms with Gasteiger partial charge in [-0.1, -0.05) is 18.2 Å². The van der Waals surface area contributed by atoms with Crippen LogP contribution in [0.5, 0.6) is 0 Å². The highest BCUT2D eigenvalue weighted by Crippen LogP contribution is 2.32. The lowest BCUT2D eigenvalue weighted by atomic mass is 9.73. The molecule has 0 saturated heterocycles. The summed E-state index contributed by atoms with van der Waals surface area (Å²) < 4.78 is 59.6. The van der Waals surface area contributed by atoms with E-state index in [1.54, 1.807) is 13.8 Å². The number of fused-ring (bicyclic) bond motifs is 1. The van der Waals surface area contributed by atoms with Gasteiger partial charge in [0.1, 0.15) is 5.82 Å². The van der Waals surface area contributed by atoms with Crippen molar-refractivity contribution in [3.8, 4) is 0 Å². The molecule has 3 rings (SSSR count). The molecule has 2 aromatic carbocycles. The molecule has 1 aliphatic rings. The van der Waals surface area contributed by atoms with Crippen LogP contribution in [-0.2, 0) is 43.7 Å². The maximum absolute atomic E-state index is 15.1. The summed E-state index contributed by atoms with van der Waals surface area (Å²) in [6.45, 7) is 4.41. The van der Waals surface area contributed by atoms with Crippen molar-refractivity contribution >= 4 is 30.2 Å². The molecule has 2 aromatic rings. The molecule has 0 spiro atoms. The number of alkyl halides is 3. The van der Waals surface area contributed by atoms with Crippen LogP contribution in [0.2, 0.25) is 0 Å². The average Bonchev–Trinajstić information content (AvgIpc) is 3.21. The first-order valence-electron chi connectivity index (χ1n) is 14.7. The number of nitrogens with two attached hydrogens (primary N) is 3. The molecule has 0 aromatic heterocycles. The Morgan fingerprint density at radius 3 is 2.24 bits per heavy atom. The van der Waals surface area contributed by atoms with Gasteiger partial charge in [0.25, 0.3) is 0 Å². The Morgan fingerprint density at radius 1 is 1.04 bits per heavy atom. The van der Waals surface area contributed by atoms with Gasteiger partial charge in [-0.15, -0.1) is 0 Å². The summed E-state index contributed by atoms with van der Waals surface area (Å²) in [5.74, 6) is -2.38. The quantitative estimate of drug-likeness (QED) is 0.141. The molecule has 0 fully saturated rings. The molecule has 0 bridgehead atoms. The molecule has 1 aliphatic heterocycles. The van der Waals surface area contributed by atoms with Gasteiger partial charge in [-0.2, -0.15) is 13.2 Å². The van der Waals surface area contributed by atoms with E-state index < -0.39 is 60.5 Å². The van der Waals surface area contributed by atoms with Crippen molar-refractivity contribution in [2.24, 2.45) is 17.2 Å². The predicted molar refractivity (Wildman–Crippen MR) is 160 cm³/mol. The van der Waals surface area contributed by atoms with E-state index in [1.807, 2.05) is 0 Å². The highest BCUT2D eigenvalue weighted by molar-refractivity contribution is 6.62. The van der Waals surface area contributed by atoms with E-state index in [9.17, 15) is 32.6 Å². The summed E-state index contributed by atoms with van der Waals surface area (Å²) in [5.41, 5.74) is 16.4. The normalized spacial score (nSPS) is 15.4. The number of Topliss-reactive ketones (excluding diaryl/α,β-unsaturated/α-hetero) is 1. The van der Waals surface area contributed by atoms with Gasteiger partial charge in [-0.05, 0) is 73.5 Å². The number of nitrogens with zero attached hydrogens (tertiary/aromatic N) is 1. The number of hydrogen-bond acceptors (Lipinski definition) is 8. The van der Waals surface area contributed by atoms with Crippen LogP contribution in [0.15, 0.2) is 36.4 Å². The molecule has 15 heteroatoms. The molecule has 1 heterocycles. The number of carbonyl (C=O) groups excluding carboxylic acids is 3. The fourth-order valence-corrected chi connectivity index (χ4v) is 5.33. The number of benzene rings is 2. The second-order valence-corrected chi connectivity index (χ2v) is 11.5. The molecule has 45 heavy (non-hydrogen) atoms. The third-order valence-corrected chi connectivity index (χ3v) is 7.82. The Morgan fingerprint density at radius 2 is 1.67 bits per heavy atom. The Hall–Kier alpha value is -3.37. The molecular weight excluding hydrogens is 597 g/mol. The van der Waals surface area contributed by atoms with E-state index >= 15 is 4.39 Å². The third kappa shape index (κ3) is 9.33. The smallest absolute Gasteiger partial charge is 0.423 e. The summed E-state index contributed by atoms with van der Waals surface area (Å²) in [4.78, 5) is 40.7. The van der Waals surface area contributed by atoms with E-state index in [0.29, 0.717) is 11.1 Å². The van der Waals surface area contributed by atoms with Crippen molar-refractivity contribution in [2.45, 2.75) is 69.8 Å². The Labute approximate surface area is 259 Å². The predicted octanol–water partition coefficient (Wildman–Crippen LogP) is 0.880. The Bertz CT molecular complexity index is 1350. The maximum Gasteiger partial charge on any atom is 0.492 e. The molecule has 2 atom stereocenters. The Balaban J connectivity index is 1.79. The zero-order chi connectivity index (χ0) is 33.5. The molecule has 0 aliphatic carbocycles. The van der Waals surface area contributed by atoms with Gasteiger partial charge in [0, 0.05) is 39.0 Å². The minimum Gasteiger partial charge on any atom is -0.423 e.